The molecule has 1 fully saturated rings. The number of amides is 1. The molecular weight excluding hydrogens is 274 g/mol. The average molecular weight is 297 g/mol. The maximum Gasteiger partial charge on any atom is 0.410 e. The van der Waals surface area contributed by atoms with Gasteiger partial charge in [-0.15, -0.1) is 0 Å². The number of thiophene rings is 1. The Bertz CT molecular complexity index is 452. The molecule has 0 aliphatic carbocycles. The smallest absolute Gasteiger partial charge is 0.410 e. The molecule has 0 radical (unpaired) electrons. The van der Waals surface area contributed by atoms with Gasteiger partial charge in [-0.05, 0) is 56.5 Å². The third kappa shape index (κ3) is 4.21. The summed E-state index contributed by atoms with van der Waals surface area (Å²) in [5.41, 5.74) is 0.457. The summed E-state index contributed by atoms with van der Waals surface area (Å²) in [6, 6.07) is 2.06. The molecule has 20 heavy (non-hydrogen) atoms. The van der Waals surface area contributed by atoms with Gasteiger partial charge in [0.15, 0.2) is 0 Å². The van der Waals surface area contributed by atoms with Crippen molar-refractivity contribution in [2.24, 2.45) is 0 Å². The highest BCUT2D eigenvalue weighted by Gasteiger charge is 2.38. The van der Waals surface area contributed by atoms with Crippen LogP contribution in [0.5, 0.6) is 0 Å². The van der Waals surface area contributed by atoms with E-state index in [1.807, 2.05) is 26.2 Å². The minimum Gasteiger partial charge on any atom is -0.444 e. The van der Waals surface area contributed by atoms with Gasteiger partial charge in [-0.2, -0.15) is 11.3 Å². The van der Waals surface area contributed by atoms with E-state index in [1.54, 1.807) is 16.2 Å². The van der Waals surface area contributed by atoms with Crippen LogP contribution in [0, 0.1) is 0 Å². The van der Waals surface area contributed by atoms with Gasteiger partial charge in [0.1, 0.15) is 5.60 Å². The molecule has 0 spiro atoms. The number of ether oxygens (including phenoxy) is 2. The van der Waals surface area contributed by atoms with Crippen molar-refractivity contribution >= 4 is 17.4 Å². The first kappa shape index (κ1) is 15.3. The zero-order chi connectivity index (χ0) is 14.8. The standard InChI is InChI=1S/C15H23NO3S/c1-14(2,3)19-13(17)16-7-6-15(4,11-16)18-9-12-5-8-20-10-12/h5,8,10H,6-7,9,11H2,1-4H3. The number of carbonyl (C=O) groups excluding carboxylic acids is 1. The highest BCUT2D eigenvalue weighted by molar-refractivity contribution is 7.07. The molecule has 0 aromatic carbocycles. The lowest BCUT2D eigenvalue weighted by atomic mass is 10.1. The van der Waals surface area contributed by atoms with Crippen LogP contribution in [0.1, 0.15) is 39.7 Å². The maximum absolute atomic E-state index is 12.0. The van der Waals surface area contributed by atoms with Crippen molar-refractivity contribution in [2.45, 2.75) is 51.9 Å². The second-order valence-electron chi connectivity index (χ2n) is 6.52. The van der Waals surface area contributed by atoms with Gasteiger partial charge in [-0.25, -0.2) is 4.79 Å². The maximum atomic E-state index is 12.0. The lowest BCUT2D eigenvalue weighted by molar-refractivity contribution is -0.0373. The Morgan fingerprint density at radius 2 is 2.25 bits per heavy atom. The summed E-state index contributed by atoms with van der Waals surface area (Å²) in [7, 11) is 0. The molecule has 1 aliphatic rings. The van der Waals surface area contributed by atoms with Crippen molar-refractivity contribution in [3.63, 3.8) is 0 Å². The number of carbonyl (C=O) groups is 1. The molecular formula is C15H23NO3S. The fourth-order valence-corrected chi connectivity index (χ4v) is 2.82. The predicted octanol–water partition coefficient (Wildman–Crippen LogP) is 3.66. The van der Waals surface area contributed by atoms with E-state index < -0.39 is 5.60 Å². The molecule has 1 amide bonds. The van der Waals surface area contributed by atoms with Crippen LogP contribution in [0.15, 0.2) is 16.8 Å². The molecule has 112 valence electrons. The van der Waals surface area contributed by atoms with Crippen molar-refractivity contribution in [1.29, 1.82) is 0 Å². The molecule has 0 bridgehead atoms. The van der Waals surface area contributed by atoms with Crippen molar-refractivity contribution < 1.29 is 14.3 Å². The van der Waals surface area contributed by atoms with E-state index >= 15 is 0 Å². The molecule has 0 N–H and O–H groups in total. The minimum absolute atomic E-state index is 0.250. The first-order valence-corrected chi connectivity index (χ1v) is 7.85. The van der Waals surface area contributed by atoms with E-state index in [9.17, 15) is 4.79 Å². The lowest BCUT2D eigenvalue weighted by Gasteiger charge is -2.27. The van der Waals surface area contributed by atoms with Gasteiger partial charge in [0.2, 0.25) is 0 Å². The molecule has 1 atom stereocenters. The highest BCUT2D eigenvalue weighted by Crippen LogP contribution is 2.27. The Hall–Kier alpha value is -1.07. The van der Waals surface area contributed by atoms with Crippen molar-refractivity contribution in [2.75, 3.05) is 13.1 Å². The fourth-order valence-electron chi connectivity index (χ4n) is 2.17. The number of likely N-dealkylation sites (tertiary alicyclic amines) is 1. The Balaban J connectivity index is 1.85. The van der Waals surface area contributed by atoms with E-state index in [1.165, 1.54) is 5.56 Å². The summed E-state index contributed by atoms with van der Waals surface area (Å²) >= 11 is 1.67. The molecule has 5 heteroatoms. The largest absolute Gasteiger partial charge is 0.444 e. The molecule has 1 unspecified atom stereocenters. The first-order valence-electron chi connectivity index (χ1n) is 6.90. The number of hydrogen-bond acceptors (Lipinski definition) is 4. The molecule has 1 saturated heterocycles. The summed E-state index contributed by atoms with van der Waals surface area (Å²) in [5, 5.41) is 4.13. The average Bonchev–Trinajstić information content (AvgIpc) is 2.94. The highest BCUT2D eigenvalue weighted by atomic mass is 32.1. The van der Waals surface area contributed by atoms with Crippen LogP contribution in [0.2, 0.25) is 0 Å². The zero-order valence-corrected chi connectivity index (χ0v) is 13.5. The second-order valence-corrected chi connectivity index (χ2v) is 7.30. The number of rotatable bonds is 3. The summed E-state index contributed by atoms with van der Waals surface area (Å²) in [5.74, 6) is 0. The van der Waals surface area contributed by atoms with E-state index in [2.05, 4.69) is 18.4 Å². The fraction of sp³-hybridized carbons (Fsp3) is 0.667. The quantitative estimate of drug-likeness (QED) is 0.854. The monoisotopic (exact) mass is 297 g/mol. The van der Waals surface area contributed by atoms with Gasteiger partial charge in [0.05, 0.1) is 18.8 Å². The van der Waals surface area contributed by atoms with E-state index in [0.717, 1.165) is 6.42 Å². The van der Waals surface area contributed by atoms with Crippen LogP contribution in [-0.4, -0.2) is 35.3 Å². The van der Waals surface area contributed by atoms with Crippen LogP contribution >= 0.6 is 11.3 Å². The Kier molecular flexibility index (Phi) is 4.39. The molecule has 2 rings (SSSR count). The summed E-state index contributed by atoms with van der Waals surface area (Å²) in [6.07, 6.45) is 0.594. The third-order valence-electron chi connectivity index (χ3n) is 3.25. The van der Waals surface area contributed by atoms with Crippen LogP contribution in [0.3, 0.4) is 0 Å². The topological polar surface area (TPSA) is 38.8 Å². The van der Waals surface area contributed by atoms with Crippen LogP contribution in [-0.2, 0) is 16.1 Å². The number of nitrogens with zero attached hydrogens (tertiary/aromatic N) is 1. The van der Waals surface area contributed by atoms with Crippen LogP contribution in [0.25, 0.3) is 0 Å². The number of hydrogen-bond donors (Lipinski definition) is 0. The van der Waals surface area contributed by atoms with Gasteiger partial charge in [-0.3, -0.25) is 0 Å². The van der Waals surface area contributed by atoms with E-state index in [-0.39, 0.29) is 11.7 Å². The molecule has 1 aromatic heterocycles. The Morgan fingerprint density at radius 1 is 1.50 bits per heavy atom. The third-order valence-corrected chi connectivity index (χ3v) is 3.99. The van der Waals surface area contributed by atoms with E-state index in [4.69, 9.17) is 9.47 Å². The van der Waals surface area contributed by atoms with Crippen molar-refractivity contribution in [3.8, 4) is 0 Å². The lowest BCUT2D eigenvalue weighted by Crippen LogP contribution is -2.39. The molecule has 2 heterocycles. The predicted molar refractivity (Wildman–Crippen MR) is 79.9 cm³/mol. The van der Waals surface area contributed by atoms with Gasteiger partial charge in [-0.1, -0.05) is 0 Å². The summed E-state index contributed by atoms with van der Waals surface area (Å²) in [4.78, 5) is 13.8. The minimum atomic E-state index is -0.451. The molecule has 0 saturated carbocycles. The van der Waals surface area contributed by atoms with Crippen molar-refractivity contribution in [3.05, 3.63) is 22.4 Å². The summed E-state index contributed by atoms with van der Waals surface area (Å²) < 4.78 is 11.4. The Morgan fingerprint density at radius 3 is 2.85 bits per heavy atom. The van der Waals surface area contributed by atoms with E-state index in [0.29, 0.717) is 19.7 Å². The van der Waals surface area contributed by atoms with Crippen LogP contribution < -0.4 is 0 Å². The zero-order valence-electron chi connectivity index (χ0n) is 12.6. The van der Waals surface area contributed by atoms with Gasteiger partial charge in [0.25, 0.3) is 0 Å². The normalized spacial score (nSPS) is 23.1. The SMILES string of the molecule is CC(C)(C)OC(=O)N1CCC(C)(OCc2ccsc2)C1. The molecule has 1 aliphatic heterocycles. The van der Waals surface area contributed by atoms with Crippen molar-refractivity contribution in [1.82, 2.24) is 4.90 Å². The Labute approximate surface area is 124 Å². The first-order chi connectivity index (χ1) is 9.27. The van der Waals surface area contributed by atoms with Gasteiger partial charge in [0, 0.05) is 6.54 Å². The summed E-state index contributed by atoms with van der Waals surface area (Å²) in [6.45, 7) is 9.58. The van der Waals surface area contributed by atoms with Crippen LogP contribution in [0.4, 0.5) is 4.79 Å². The second kappa shape index (κ2) is 5.74. The molecule has 1 aromatic rings. The molecule has 4 nitrogen and oxygen atoms in total. The van der Waals surface area contributed by atoms with Gasteiger partial charge < -0.3 is 14.4 Å². The van der Waals surface area contributed by atoms with Gasteiger partial charge >= 0.3 is 6.09 Å².